The number of hydrogen-bond donors (Lipinski definition) is 0. The lowest BCUT2D eigenvalue weighted by atomic mass is 10.2. The van der Waals surface area contributed by atoms with Gasteiger partial charge in [-0.25, -0.2) is 9.97 Å². The minimum atomic E-state index is -4.80. The van der Waals surface area contributed by atoms with Crippen molar-refractivity contribution in [1.29, 1.82) is 0 Å². The number of rotatable bonds is 1. The van der Waals surface area contributed by atoms with E-state index in [2.05, 4.69) is 21.3 Å². The van der Waals surface area contributed by atoms with Gasteiger partial charge in [0.1, 0.15) is 11.4 Å². The van der Waals surface area contributed by atoms with Crippen LogP contribution in [0.2, 0.25) is 0 Å². The molecule has 0 radical (unpaired) electrons. The molecule has 8 heteroatoms. The fourth-order valence-electron chi connectivity index (χ4n) is 2.72. The summed E-state index contributed by atoms with van der Waals surface area (Å²) in [5.41, 5.74) is 0.570. The molecule has 0 aliphatic heterocycles. The van der Waals surface area contributed by atoms with Gasteiger partial charge in [0.05, 0.1) is 10.9 Å². The summed E-state index contributed by atoms with van der Waals surface area (Å²) in [5, 5.41) is 1.01. The van der Waals surface area contributed by atoms with Crippen LogP contribution in [-0.4, -0.2) is 20.7 Å². The third kappa shape index (κ3) is 2.07. The first-order valence-corrected chi connectivity index (χ1v) is 6.83. The third-order valence-corrected chi connectivity index (χ3v) is 3.68. The van der Waals surface area contributed by atoms with Crippen LogP contribution in [-0.2, 0) is 0 Å². The van der Waals surface area contributed by atoms with E-state index in [1.807, 2.05) is 0 Å². The molecule has 3 aromatic heterocycles. The Bertz CT molecular complexity index is 1210. The predicted octanol–water partition coefficient (Wildman–Crippen LogP) is 2.42. The lowest BCUT2D eigenvalue weighted by Crippen LogP contribution is -2.17. The summed E-state index contributed by atoms with van der Waals surface area (Å²) in [6.45, 7) is 3.84. The number of pyridine rings is 1. The van der Waals surface area contributed by atoms with Crippen LogP contribution in [0.5, 0.6) is 5.75 Å². The second kappa shape index (κ2) is 4.67. The van der Waals surface area contributed by atoms with Gasteiger partial charge in [0.15, 0.2) is 5.65 Å². The van der Waals surface area contributed by atoms with E-state index in [0.29, 0.717) is 21.5 Å². The van der Waals surface area contributed by atoms with E-state index in [0.717, 1.165) is 6.07 Å². The molecule has 24 heavy (non-hydrogen) atoms. The molecular formula is C16H8F3N3O2. The Morgan fingerprint density at radius 3 is 2.71 bits per heavy atom. The van der Waals surface area contributed by atoms with Gasteiger partial charge in [-0.15, -0.1) is 13.2 Å². The van der Waals surface area contributed by atoms with Crippen molar-refractivity contribution in [3.8, 4) is 5.75 Å². The van der Waals surface area contributed by atoms with Gasteiger partial charge in [-0.3, -0.25) is 9.20 Å². The lowest BCUT2D eigenvalue weighted by molar-refractivity contribution is -0.274. The second-order valence-corrected chi connectivity index (χ2v) is 5.16. The van der Waals surface area contributed by atoms with Crippen molar-refractivity contribution in [1.82, 2.24) is 14.4 Å². The van der Waals surface area contributed by atoms with Crippen LogP contribution < -0.4 is 15.5 Å². The third-order valence-electron chi connectivity index (χ3n) is 3.68. The van der Waals surface area contributed by atoms with Crippen LogP contribution in [0.1, 0.15) is 0 Å². The highest BCUT2D eigenvalue weighted by molar-refractivity contribution is 5.90. The highest BCUT2D eigenvalue weighted by Crippen LogP contribution is 2.26. The van der Waals surface area contributed by atoms with Crippen molar-refractivity contribution in [3.63, 3.8) is 0 Å². The number of nitrogens with zero attached hydrogens (tertiary/aromatic N) is 3. The van der Waals surface area contributed by atoms with Crippen LogP contribution in [0.15, 0.2) is 41.3 Å². The SMILES string of the molecule is C=c1c2cc(OC(F)(F)F)ccc2n2c(=O)c3cccnc3nc12. The number of fused-ring (bicyclic) bond motifs is 4. The Morgan fingerprint density at radius 2 is 1.96 bits per heavy atom. The zero-order chi connectivity index (χ0) is 17.1. The number of alkyl halides is 3. The zero-order valence-electron chi connectivity index (χ0n) is 12.0. The first-order chi connectivity index (χ1) is 11.3. The monoisotopic (exact) mass is 331 g/mol. The van der Waals surface area contributed by atoms with Crippen molar-refractivity contribution in [2.45, 2.75) is 6.36 Å². The topological polar surface area (TPSA) is 56.5 Å². The van der Waals surface area contributed by atoms with Crippen LogP contribution >= 0.6 is 0 Å². The Labute approximate surface area is 131 Å². The summed E-state index contributed by atoms with van der Waals surface area (Å²) < 4.78 is 42.4. The Morgan fingerprint density at radius 1 is 1.17 bits per heavy atom. The number of ether oxygens (including phenoxy) is 1. The Kier molecular flexibility index (Phi) is 2.81. The van der Waals surface area contributed by atoms with Crippen molar-refractivity contribution < 1.29 is 17.9 Å². The molecule has 120 valence electrons. The maximum Gasteiger partial charge on any atom is 0.573 e. The Hall–Kier alpha value is -3.16. The Balaban J connectivity index is 2.11. The molecule has 3 heterocycles. The van der Waals surface area contributed by atoms with E-state index in [1.165, 1.54) is 22.7 Å². The molecule has 0 amide bonds. The molecule has 1 aromatic carbocycles. The van der Waals surface area contributed by atoms with Gasteiger partial charge >= 0.3 is 6.36 Å². The molecule has 0 bridgehead atoms. The number of benzene rings is 1. The van der Waals surface area contributed by atoms with Gasteiger partial charge in [0.2, 0.25) is 0 Å². The van der Waals surface area contributed by atoms with Crippen LogP contribution in [0, 0.1) is 0 Å². The van der Waals surface area contributed by atoms with E-state index < -0.39 is 6.36 Å². The first-order valence-electron chi connectivity index (χ1n) is 6.83. The van der Waals surface area contributed by atoms with E-state index in [-0.39, 0.29) is 22.6 Å². The highest BCUT2D eigenvalue weighted by Gasteiger charge is 2.31. The fraction of sp³-hybridized carbons (Fsp3) is 0.0625. The number of aromatic nitrogens is 3. The lowest BCUT2D eigenvalue weighted by Gasteiger charge is -2.08. The molecule has 0 atom stereocenters. The fourth-order valence-corrected chi connectivity index (χ4v) is 2.72. The summed E-state index contributed by atoms with van der Waals surface area (Å²) in [6, 6.07) is 6.92. The summed E-state index contributed by atoms with van der Waals surface area (Å²) in [4.78, 5) is 21.0. The standard InChI is InChI=1S/C16H8F3N3O2/c1-8-11-7-9(24-16(17,18)19)4-5-12(11)22-14(8)21-13-10(15(22)23)3-2-6-20-13/h2-7H,1H2. The second-order valence-electron chi connectivity index (χ2n) is 5.16. The van der Waals surface area contributed by atoms with E-state index in [9.17, 15) is 18.0 Å². The van der Waals surface area contributed by atoms with Gasteiger partial charge in [-0.05, 0) is 30.3 Å². The maximum absolute atomic E-state index is 12.7. The predicted molar refractivity (Wildman–Crippen MR) is 81.7 cm³/mol. The molecule has 0 unspecified atom stereocenters. The smallest absolute Gasteiger partial charge is 0.406 e. The molecule has 0 fully saturated rings. The molecule has 0 N–H and O–H groups in total. The highest BCUT2D eigenvalue weighted by atomic mass is 19.4. The van der Waals surface area contributed by atoms with Gasteiger partial charge in [-0.1, -0.05) is 6.58 Å². The quantitative estimate of drug-likeness (QED) is 0.537. The number of hydrogen-bond acceptors (Lipinski definition) is 4. The van der Waals surface area contributed by atoms with Gasteiger partial charge in [0.25, 0.3) is 5.56 Å². The van der Waals surface area contributed by atoms with Gasteiger partial charge < -0.3 is 4.74 Å². The molecule has 0 spiro atoms. The van der Waals surface area contributed by atoms with Crippen molar-refractivity contribution in [2.24, 2.45) is 0 Å². The van der Waals surface area contributed by atoms with Crippen LogP contribution in [0.4, 0.5) is 13.2 Å². The van der Waals surface area contributed by atoms with Crippen molar-refractivity contribution in [2.75, 3.05) is 0 Å². The average Bonchev–Trinajstić information content (AvgIpc) is 2.79. The number of halogens is 3. The summed E-state index contributed by atoms with van der Waals surface area (Å²) in [7, 11) is 0. The molecule has 0 saturated carbocycles. The maximum atomic E-state index is 12.7. The van der Waals surface area contributed by atoms with E-state index in [1.54, 1.807) is 12.1 Å². The summed E-state index contributed by atoms with van der Waals surface area (Å²) in [6.07, 6.45) is -3.29. The van der Waals surface area contributed by atoms with Crippen LogP contribution in [0.3, 0.4) is 0 Å². The van der Waals surface area contributed by atoms with E-state index >= 15 is 0 Å². The first kappa shape index (κ1) is 14.4. The van der Waals surface area contributed by atoms with Crippen LogP contribution in [0.25, 0.3) is 34.2 Å². The molecule has 0 aliphatic carbocycles. The largest absolute Gasteiger partial charge is 0.573 e. The summed E-state index contributed by atoms with van der Waals surface area (Å²) in [5.74, 6) is -0.383. The molecule has 0 aliphatic rings. The van der Waals surface area contributed by atoms with Crippen molar-refractivity contribution >= 4 is 34.2 Å². The van der Waals surface area contributed by atoms with E-state index in [4.69, 9.17) is 0 Å². The molecule has 4 aromatic rings. The zero-order valence-corrected chi connectivity index (χ0v) is 12.0. The van der Waals surface area contributed by atoms with Crippen molar-refractivity contribution in [3.05, 3.63) is 52.1 Å². The molecular weight excluding hydrogens is 323 g/mol. The molecule has 0 saturated heterocycles. The molecule has 5 nitrogen and oxygen atoms in total. The van der Waals surface area contributed by atoms with Gasteiger partial charge in [0, 0.05) is 16.8 Å². The average molecular weight is 331 g/mol. The minimum absolute atomic E-state index is 0.255. The minimum Gasteiger partial charge on any atom is -0.406 e. The normalized spacial score (nSPS) is 12.3. The summed E-state index contributed by atoms with van der Waals surface area (Å²) >= 11 is 0. The van der Waals surface area contributed by atoms with Gasteiger partial charge in [-0.2, -0.15) is 0 Å². The molecule has 4 rings (SSSR count).